The van der Waals surface area contributed by atoms with Crippen LogP contribution in [0.3, 0.4) is 0 Å². The number of halogens is 6. The molecule has 1 fully saturated rings. The van der Waals surface area contributed by atoms with E-state index in [1.807, 2.05) is 0 Å². The molecule has 1 saturated heterocycles. The van der Waals surface area contributed by atoms with Gasteiger partial charge in [0.15, 0.2) is 0 Å². The summed E-state index contributed by atoms with van der Waals surface area (Å²) in [5.74, 6) is 0. The van der Waals surface area contributed by atoms with Crippen LogP contribution in [0.2, 0.25) is 0 Å². The van der Waals surface area contributed by atoms with Crippen LogP contribution in [0.5, 0.6) is 0 Å². The smallest absolute Gasteiger partial charge is 0.417 e. The van der Waals surface area contributed by atoms with E-state index in [0.29, 0.717) is 0 Å². The average Bonchev–Trinajstić information content (AvgIpc) is 3.21. The third-order valence-electron chi connectivity index (χ3n) is 5.30. The van der Waals surface area contributed by atoms with Crippen LogP contribution in [-0.4, -0.2) is 35.2 Å². The number of benzene rings is 2. The Labute approximate surface area is 179 Å². The van der Waals surface area contributed by atoms with E-state index < -0.39 is 47.7 Å². The second-order valence-corrected chi connectivity index (χ2v) is 7.29. The minimum absolute atomic E-state index is 0.0504. The first-order valence-corrected chi connectivity index (χ1v) is 9.42. The van der Waals surface area contributed by atoms with Crippen LogP contribution in [0.1, 0.15) is 28.7 Å². The third kappa shape index (κ3) is 4.90. The summed E-state index contributed by atoms with van der Waals surface area (Å²) in [6.45, 7) is -0.373. The van der Waals surface area contributed by atoms with Gasteiger partial charge in [-0.3, -0.25) is 0 Å². The lowest BCUT2D eigenvalue weighted by Crippen LogP contribution is -2.39. The maximum atomic E-state index is 13.5. The minimum atomic E-state index is -4.85. The van der Waals surface area contributed by atoms with Gasteiger partial charge in [-0.25, -0.2) is 4.79 Å². The second kappa shape index (κ2) is 8.61. The number of rotatable bonds is 4. The standard InChI is InChI=1S/C21H17F6N3O2/c22-20(23,24)17-4-2-1-3-14(17)11-30(16-7-8-29(12-16)19(31)32)15-6-5-13(10-28)18(9-15)21(25,26)27/h1-6,9,16H,7-8,11-12H2,(H,31,32)/t16-/m0/s1. The van der Waals surface area contributed by atoms with Crippen LogP contribution in [-0.2, 0) is 18.9 Å². The summed E-state index contributed by atoms with van der Waals surface area (Å²) < 4.78 is 80.8. The van der Waals surface area contributed by atoms with Gasteiger partial charge in [-0.1, -0.05) is 18.2 Å². The molecule has 170 valence electrons. The van der Waals surface area contributed by atoms with Gasteiger partial charge in [0.25, 0.3) is 0 Å². The fourth-order valence-electron chi connectivity index (χ4n) is 3.76. The summed E-state index contributed by atoms with van der Waals surface area (Å²) in [7, 11) is 0. The number of anilines is 1. The highest BCUT2D eigenvalue weighted by Gasteiger charge is 2.38. The third-order valence-corrected chi connectivity index (χ3v) is 5.30. The largest absolute Gasteiger partial charge is 0.465 e. The molecule has 1 heterocycles. The number of amides is 1. The van der Waals surface area contributed by atoms with Crippen molar-refractivity contribution in [2.75, 3.05) is 18.0 Å². The summed E-state index contributed by atoms with van der Waals surface area (Å²) >= 11 is 0. The summed E-state index contributed by atoms with van der Waals surface area (Å²) in [6.07, 6.45) is -10.5. The predicted octanol–water partition coefficient (Wildman–Crippen LogP) is 5.35. The zero-order valence-corrected chi connectivity index (χ0v) is 16.4. The number of hydrogen-bond donors (Lipinski definition) is 1. The van der Waals surface area contributed by atoms with E-state index in [1.165, 1.54) is 35.2 Å². The van der Waals surface area contributed by atoms with Gasteiger partial charge in [0, 0.05) is 31.4 Å². The lowest BCUT2D eigenvalue weighted by atomic mass is 10.0. The Bertz CT molecular complexity index is 1050. The van der Waals surface area contributed by atoms with Crippen LogP contribution >= 0.6 is 0 Å². The molecule has 1 aliphatic heterocycles. The molecule has 3 rings (SSSR count). The van der Waals surface area contributed by atoms with Crippen molar-refractivity contribution < 1.29 is 36.2 Å². The van der Waals surface area contributed by atoms with E-state index in [9.17, 15) is 36.2 Å². The van der Waals surface area contributed by atoms with Gasteiger partial charge < -0.3 is 14.9 Å². The first-order chi connectivity index (χ1) is 14.9. The molecule has 0 bridgehead atoms. The Hall–Kier alpha value is -3.42. The van der Waals surface area contributed by atoms with Crippen molar-refractivity contribution in [2.24, 2.45) is 0 Å². The van der Waals surface area contributed by atoms with E-state index in [4.69, 9.17) is 5.26 Å². The monoisotopic (exact) mass is 457 g/mol. The van der Waals surface area contributed by atoms with E-state index in [-0.39, 0.29) is 30.8 Å². The molecule has 5 nitrogen and oxygen atoms in total. The zero-order chi connectivity index (χ0) is 23.7. The molecule has 2 aromatic carbocycles. The number of carboxylic acid groups (broad SMARTS) is 1. The molecule has 0 saturated carbocycles. The van der Waals surface area contributed by atoms with Gasteiger partial charge in [-0.2, -0.15) is 31.6 Å². The normalized spacial score (nSPS) is 16.7. The van der Waals surface area contributed by atoms with E-state index in [2.05, 4.69) is 0 Å². The molecule has 1 atom stereocenters. The molecule has 1 amide bonds. The molecule has 0 unspecified atom stereocenters. The van der Waals surface area contributed by atoms with Gasteiger partial charge in [-0.15, -0.1) is 0 Å². The summed E-state index contributed by atoms with van der Waals surface area (Å²) in [5, 5.41) is 18.2. The lowest BCUT2D eigenvalue weighted by Gasteiger charge is -2.32. The first-order valence-electron chi connectivity index (χ1n) is 9.42. The van der Waals surface area contributed by atoms with Crippen molar-refractivity contribution in [1.82, 2.24) is 4.90 Å². The SMILES string of the molecule is N#Cc1ccc(N(Cc2ccccc2C(F)(F)F)[C@H]2CCN(C(=O)O)C2)cc1C(F)(F)F. The highest BCUT2D eigenvalue weighted by atomic mass is 19.4. The van der Waals surface area contributed by atoms with Crippen molar-refractivity contribution in [3.05, 3.63) is 64.7 Å². The fourth-order valence-corrected chi connectivity index (χ4v) is 3.76. The van der Waals surface area contributed by atoms with Crippen LogP contribution in [0.15, 0.2) is 42.5 Å². The van der Waals surface area contributed by atoms with Crippen LogP contribution < -0.4 is 4.90 Å². The molecule has 0 spiro atoms. The minimum Gasteiger partial charge on any atom is -0.465 e. The molecule has 0 aromatic heterocycles. The quantitative estimate of drug-likeness (QED) is 0.629. The number of likely N-dealkylation sites (tertiary alicyclic amines) is 1. The predicted molar refractivity (Wildman–Crippen MR) is 102 cm³/mol. The van der Waals surface area contributed by atoms with E-state index >= 15 is 0 Å². The Balaban J connectivity index is 2.08. The van der Waals surface area contributed by atoms with Crippen molar-refractivity contribution in [2.45, 2.75) is 31.4 Å². The Morgan fingerprint density at radius 3 is 2.31 bits per heavy atom. The van der Waals surface area contributed by atoms with Crippen LogP contribution in [0, 0.1) is 11.3 Å². The number of nitrogens with zero attached hydrogens (tertiary/aromatic N) is 3. The zero-order valence-electron chi connectivity index (χ0n) is 16.4. The van der Waals surface area contributed by atoms with Crippen molar-refractivity contribution >= 4 is 11.8 Å². The summed E-state index contributed by atoms with van der Waals surface area (Å²) in [6, 6.07) is 8.44. The summed E-state index contributed by atoms with van der Waals surface area (Å²) in [5.41, 5.74) is -2.96. The molecule has 11 heteroatoms. The Kier molecular flexibility index (Phi) is 6.25. The summed E-state index contributed by atoms with van der Waals surface area (Å²) in [4.78, 5) is 13.7. The molecule has 0 radical (unpaired) electrons. The number of alkyl halides is 6. The van der Waals surface area contributed by atoms with Gasteiger partial charge >= 0.3 is 18.4 Å². The lowest BCUT2D eigenvalue weighted by molar-refractivity contribution is -0.138. The van der Waals surface area contributed by atoms with Gasteiger partial charge in [0.2, 0.25) is 0 Å². The fraction of sp³-hybridized carbons (Fsp3) is 0.333. The maximum Gasteiger partial charge on any atom is 0.417 e. The first kappa shape index (κ1) is 23.2. The molecule has 2 aromatic rings. The molecule has 1 N–H and O–H groups in total. The number of carbonyl (C=O) groups is 1. The Morgan fingerprint density at radius 1 is 1.09 bits per heavy atom. The maximum absolute atomic E-state index is 13.5. The Morgan fingerprint density at radius 2 is 1.75 bits per heavy atom. The van der Waals surface area contributed by atoms with Gasteiger partial charge in [0.1, 0.15) is 0 Å². The van der Waals surface area contributed by atoms with Gasteiger partial charge in [-0.05, 0) is 36.2 Å². The number of hydrogen-bond acceptors (Lipinski definition) is 3. The van der Waals surface area contributed by atoms with Gasteiger partial charge in [0.05, 0.1) is 22.8 Å². The van der Waals surface area contributed by atoms with Crippen molar-refractivity contribution in [3.63, 3.8) is 0 Å². The molecule has 32 heavy (non-hydrogen) atoms. The molecule has 1 aliphatic rings. The van der Waals surface area contributed by atoms with Crippen LogP contribution in [0.25, 0.3) is 0 Å². The molecular formula is C21H17F6N3O2. The highest BCUT2D eigenvalue weighted by molar-refractivity contribution is 5.66. The van der Waals surface area contributed by atoms with Crippen molar-refractivity contribution in [3.8, 4) is 6.07 Å². The topological polar surface area (TPSA) is 67.6 Å². The van der Waals surface area contributed by atoms with E-state index in [0.717, 1.165) is 23.1 Å². The van der Waals surface area contributed by atoms with E-state index in [1.54, 1.807) is 0 Å². The van der Waals surface area contributed by atoms with Crippen molar-refractivity contribution in [1.29, 1.82) is 5.26 Å². The second-order valence-electron chi connectivity index (χ2n) is 7.29. The highest BCUT2D eigenvalue weighted by Crippen LogP contribution is 2.37. The molecule has 0 aliphatic carbocycles. The number of nitriles is 1. The van der Waals surface area contributed by atoms with Crippen LogP contribution in [0.4, 0.5) is 36.8 Å². The molecular weight excluding hydrogens is 440 g/mol. The average molecular weight is 457 g/mol.